The number of piperidine rings is 1. The number of carbonyl (C=O) groups is 1. The number of carbonyl (C=O) groups excluding carboxylic acids is 1. The van der Waals surface area contributed by atoms with E-state index in [2.05, 4.69) is 41.4 Å². The van der Waals surface area contributed by atoms with Gasteiger partial charge in [-0.15, -0.1) is 0 Å². The van der Waals surface area contributed by atoms with E-state index >= 15 is 0 Å². The summed E-state index contributed by atoms with van der Waals surface area (Å²) in [5, 5.41) is 13.5. The first kappa shape index (κ1) is 16.5. The normalized spacial score (nSPS) is 27.7. The molecule has 1 aliphatic heterocycles. The molecule has 0 bridgehead atoms. The number of benzene rings is 1. The van der Waals surface area contributed by atoms with Crippen molar-refractivity contribution in [3.63, 3.8) is 0 Å². The molecule has 4 nitrogen and oxygen atoms in total. The lowest BCUT2D eigenvalue weighted by Crippen LogP contribution is -2.53. The Bertz CT molecular complexity index is 525. The van der Waals surface area contributed by atoms with E-state index < -0.39 is 5.60 Å². The number of rotatable bonds is 4. The Morgan fingerprint density at radius 3 is 2.65 bits per heavy atom. The fraction of sp³-hybridized carbons (Fsp3) is 0.632. The van der Waals surface area contributed by atoms with E-state index in [4.69, 9.17) is 0 Å². The van der Waals surface area contributed by atoms with Gasteiger partial charge < -0.3 is 10.4 Å². The van der Waals surface area contributed by atoms with Crippen LogP contribution in [-0.2, 0) is 11.3 Å². The van der Waals surface area contributed by atoms with Gasteiger partial charge in [0.25, 0.3) is 5.91 Å². The molecular formula is C19H28N2O2. The van der Waals surface area contributed by atoms with Gasteiger partial charge in [-0.05, 0) is 51.0 Å². The van der Waals surface area contributed by atoms with Gasteiger partial charge in [-0.2, -0.15) is 0 Å². The van der Waals surface area contributed by atoms with E-state index in [1.54, 1.807) is 0 Å². The zero-order valence-electron chi connectivity index (χ0n) is 14.0. The van der Waals surface area contributed by atoms with E-state index in [0.29, 0.717) is 18.9 Å². The van der Waals surface area contributed by atoms with Crippen LogP contribution in [0.15, 0.2) is 30.3 Å². The topological polar surface area (TPSA) is 52.6 Å². The lowest BCUT2D eigenvalue weighted by molar-refractivity contribution is -0.140. The summed E-state index contributed by atoms with van der Waals surface area (Å²) in [6.45, 7) is 4.18. The fourth-order valence-corrected chi connectivity index (χ4v) is 3.91. The van der Waals surface area contributed by atoms with E-state index in [9.17, 15) is 9.90 Å². The van der Waals surface area contributed by atoms with Gasteiger partial charge in [-0.3, -0.25) is 9.69 Å². The van der Waals surface area contributed by atoms with E-state index in [-0.39, 0.29) is 11.9 Å². The van der Waals surface area contributed by atoms with Crippen molar-refractivity contribution in [3.05, 3.63) is 35.9 Å². The number of amides is 1. The molecule has 1 aromatic carbocycles. The summed E-state index contributed by atoms with van der Waals surface area (Å²) in [7, 11) is 0. The van der Waals surface area contributed by atoms with Crippen LogP contribution < -0.4 is 5.32 Å². The van der Waals surface area contributed by atoms with E-state index in [1.807, 2.05) is 6.07 Å². The second-order valence-electron chi connectivity index (χ2n) is 7.24. The molecule has 1 amide bonds. The standard InChI is InChI=1S/C19H28N2O2/c1-15-13-17(20-18(22)19(23)10-5-6-11-19)9-12-21(15)14-16-7-3-2-4-8-16/h2-4,7-8,15,17,23H,5-6,9-14H2,1H3,(H,20,22). The van der Waals surface area contributed by atoms with Crippen molar-refractivity contribution in [2.45, 2.75) is 69.7 Å². The number of nitrogens with zero attached hydrogens (tertiary/aromatic N) is 1. The van der Waals surface area contributed by atoms with Crippen molar-refractivity contribution >= 4 is 5.91 Å². The van der Waals surface area contributed by atoms with Crippen molar-refractivity contribution in [3.8, 4) is 0 Å². The van der Waals surface area contributed by atoms with Gasteiger partial charge in [0.2, 0.25) is 0 Å². The Morgan fingerprint density at radius 2 is 2.00 bits per heavy atom. The molecule has 1 aromatic rings. The number of likely N-dealkylation sites (tertiary alicyclic amines) is 1. The van der Waals surface area contributed by atoms with Crippen LogP contribution in [0.5, 0.6) is 0 Å². The summed E-state index contributed by atoms with van der Waals surface area (Å²) >= 11 is 0. The molecule has 2 unspecified atom stereocenters. The maximum Gasteiger partial charge on any atom is 0.252 e. The number of aliphatic hydroxyl groups is 1. The molecule has 1 heterocycles. The highest BCUT2D eigenvalue weighted by atomic mass is 16.3. The second kappa shape index (κ2) is 7.02. The lowest BCUT2D eigenvalue weighted by Gasteiger charge is -2.38. The van der Waals surface area contributed by atoms with Gasteiger partial charge >= 0.3 is 0 Å². The summed E-state index contributed by atoms with van der Waals surface area (Å²) in [5.41, 5.74) is 0.229. The molecule has 23 heavy (non-hydrogen) atoms. The lowest BCUT2D eigenvalue weighted by atomic mass is 9.95. The Labute approximate surface area is 138 Å². The molecule has 0 spiro atoms. The van der Waals surface area contributed by atoms with Crippen LogP contribution in [0.3, 0.4) is 0 Å². The summed E-state index contributed by atoms with van der Waals surface area (Å²) in [4.78, 5) is 14.8. The van der Waals surface area contributed by atoms with Crippen LogP contribution in [0.4, 0.5) is 0 Å². The van der Waals surface area contributed by atoms with Crippen LogP contribution in [0, 0.1) is 0 Å². The molecule has 1 saturated carbocycles. The molecule has 0 radical (unpaired) electrons. The van der Waals surface area contributed by atoms with Crippen LogP contribution in [0.1, 0.15) is 51.0 Å². The van der Waals surface area contributed by atoms with Crippen molar-refractivity contribution < 1.29 is 9.90 Å². The van der Waals surface area contributed by atoms with Crippen molar-refractivity contribution in [2.24, 2.45) is 0 Å². The first-order valence-electron chi connectivity index (χ1n) is 8.88. The smallest absolute Gasteiger partial charge is 0.252 e. The average molecular weight is 316 g/mol. The highest BCUT2D eigenvalue weighted by Crippen LogP contribution is 2.30. The molecule has 2 atom stereocenters. The van der Waals surface area contributed by atoms with Crippen LogP contribution in [0.2, 0.25) is 0 Å². The molecule has 2 aliphatic rings. The predicted octanol–water partition coefficient (Wildman–Crippen LogP) is 2.46. The zero-order chi connectivity index (χ0) is 16.3. The number of hydrogen-bond acceptors (Lipinski definition) is 3. The zero-order valence-corrected chi connectivity index (χ0v) is 14.0. The SMILES string of the molecule is CC1CC(NC(=O)C2(O)CCCC2)CCN1Cc1ccccc1. The quantitative estimate of drug-likeness (QED) is 0.897. The Morgan fingerprint density at radius 1 is 1.30 bits per heavy atom. The summed E-state index contributed by atoms with van der Waals surface area (Å²) in [6, 6.07) is 11.2. The monoisotopic (exact) mass is 316 g/mol. The van der Waals surface area contributed by atoms with Crippen LogP contribution >= 0.6 is 0 Å². The Kier molecular flexibility index (Phi) is 5.02. The van der Waals surface area contributed by atoms with Gasteiger partial charge in [0.1, 0.15) is 5.60 Å². The molecule has 2 fully saturated rings. The van der Waals surface area contributed by atoms with E-state index in [0.717, 1.165) is 38.8 Å². The first-order valence-corrected chi connectivity index (χ1v) is 8.88. The van der Waals surface area contributed by atoms with Gasteiger partial charge in [-0.25, -0.2) is 0 Å². The highest BCUT2D eigenvalue weighted by Gasteiger charge is 2.40. The number of nitrogens with one attached hydrogen (secondary N) is 1. The molecule has 1 aliphatic carbocycles. The van der Waals surface area contributed by atoms with E-state index in [1.165, 1.54) is 5.56 Å². The summed E-state index contributed by atoms with van der Waals surface area (Å²) < 4.78 is 0. The summed E-state index contributed by atoms with van der Waals surface area (Å²) in [6.07, 6.45) is 5.04. The van der Waals surface area contributed by atoms with Crippen molar-refractivity contribution in [2.75, 3.05) is 6.54 Å². The third-order valence-electron chi connectivity index (χ3n) is 5.43. The Hall–Kier alpha value is -1.39. The van der Waals surface area contributed by atoms with Gasteiger partial charge in [0.05, 0.1) is 0 Å². The van der Waals surface area contributed by atoms with Crippen molar-refractivity contribution in [1.29, 1.82) is 0 Å². The molecular weight excluding hydrogens is 288 g/mol. The highest BCUT2D eigenvalue weighted by molar-refractivity contribution is 5.85. The molecule has 126 valence electrons. The van der Waals surface area contributed by atoms with Crippen LogP contribution in [0.25, 0.3) is 0 Å². The molecule has 4 heteroatoms. The molecule has 0 aromatic heterocycles. The number of hydrogen-bond donors (Lipinski definition) is 2. The maximum absolute atomic E-state index is 12.3. The molecule has 3 rings (SSSR count). The maximum atomic E-state index is 12.3. The summed E-state index contributed by atoms with van der Waals surface area (Å²) in [5.74, 6) is -0.149. The largest absolute Gasteiger partial charge is 0.380 e. The average Bonchev–Trinajstić information content (AvgIpc) is 2.99. The molecule has 1 saturated heterocycles. The van der Waals surface area contributed by atoms with Gasteiger partial charge in [-0.1, -0.05) is 30.3 Å². The minimum absolute atomic E-state index is 0.149. The van der Waals surface area contributed by atoms with Gasteiger partial charge in [0, 0.05) is 25.2 Å². The third kappa shape index (κ3) is 3.93. The van der Waals surface area contributed by atoms with Gasteiger partial charge in [0.15, 0.2) is 0 Å². The van der Waals surface area contributed by atoms with Crippen molar-refractivity contribution in [1.82, 2.24) is 10.2 Å². The molecule has 2 N–H and O–H groups in total. The Balaban J connectivity index is 1.51. The first-order chi connectivity index (χ1) is 11.1. The second-order valence-corrected chi connectivity index (χ2v) is 7.24. The van der Waals surface area contributed by atoms with Crippen LogP contribution in [-0.4, -0.2) is 40.1 Å². The predicted molar refractivity (Wildman–Crippen MR) is 90.9 cm³/mol. The minimum atomic E-state index is -1.11. The fourth-order valence-electron chi connectivity index (χ4n) is 3.91. The minimum Gasteiger partial charge on any atom is -0.380 e. The third-order valence-corrected chi connectivity index (χ3v) is 5.43.